The van der Waals surface area contributed by atoms with Crippen molar-refractivity contribution in [2.24, 2.45) is 28.9 Å². The maximum absolute atomic E-state index is 5.38. The molecule has 1 fully saturated rings. The van der Waals surface area contributed by atoms with E-state index in [0.717, 1.165) is 27.4 Å². The van der Waals surface area contributed by atoms with Gasteiger partial charge < -0.3 is 5.84 Å². The highest BCUT2D eigenvalue weighted by Gasteiger charge is 2.19. The molecule has 0 unspecified atom stereocenters. The zero-order valence-corrected chi connectivity index (χ0v) is 12.0. The largest absolute Gasteiger partial charge is 0.323 e. The van der Waals surface area contributed by atoms with E-state index >= 15 is 0 Å². The number of nitrogens with two attached hydrogens (primary N) is 1. The van der Waals surface area contributed by atoms with Gasteiger partial charge in [0.05, 0.1) is 5.71 Å². The van der Waals surface area contributed by atoms with Gasteiger partial charge in [-0.25, -0.2) is 0 Å². The van der Waals surface area contributed by atoms with Crippen LogP contribution in [0.15, 0.2) is 16.3 Å². The molecule has 0 spiro atoms. The first-order chi connectivity index (χ1) is 8.19. The Labute approximate surface area is 114 Å². The van der Waals surface area contributed by atoms with Crippen LogP contribution in [-0.2, 0) is 13.5 Å². The Morgan fingerprint density at radius 1 is 1.71 bits per heavy atom. The van der Waals surface area contributed by atoms with E-state index in [2.05, 4.69) is 37.8 Å². The van der Waals surface area contributed by atoms with Crippen molar-refractivity contribution in [1.82, 2.24) is 9.78 Å². The Morgan fingerprint density at radius 3 is 3.00 bits per heavy atom. The van der Waals surface area contributed by atoms with Crippen LogP contribution in [0.2, 0.25) is 0 Å². The molecule has 0 radical (unpaired) electrons. The maximum Gasteiger partial charge on any atom is 0.126 e. The van der Waals surface area contributed by atoms with Crippen LogP contribution in [0.4, 0.5) is 0 Å². The summed E-state index contributed by atoms with van der Waals surface area (Å²) < 4.78 is 2.79. The number of halogens is 1. The molecule has 92 valence electrons. The summed E-state index contributed by atoms with van der Waals surface area (Å²) in [6, 6.07) is 0. The summed E-state index contributed by atoms with van der Waals surface area (Å²) in [6.45, 7) is 0.906. The number of rotatable bonds is 5. The van der Waals surface area contributed by atoms with Gasteiger partial charge in [-0.05, 0) is 41.4 Å². The molecule has 0 aliphatic heterocycles. The van der Waals surface area contributed by atoms with Gasteiger partial charge in [0.2, 0.25) is 0 Å². The maximum atomic E-state index is 5.38. The van der Waals surface area contributed by atoms with E-state index in [9.17, 15) is 0 Å². The zero-order chi connectivity index (χ0) is 12.3. The lowest BCUT2D eigenvalue weighted by atomic mass is 10.2. The quantitative estimate of drug-likeness (QED) is 0.379. The van der Waals surface area contributed by atoms with Crippen LogP contribution in [0.5, 0.6) is 0 Å². The number of aryl methyl sites for hydroxylation is 1. The van der Waals surface area contributed by atoms with Crippen LogP contribution in [0, 0.1) is 9.62 Å². The number of aromatic nitrogens is 2. The average molecular weight is 345 g/mol. The summed E-state index contributed by atoms with van der Waals surface area (Å²) in [4.78, 5) is 4.37. The van der Waals surface area contributed by atoms with E-state index in [0.29, 0.717) is 6.42 Å². The van der Waals surface area contributed by atoms with Gasteiger partial charge in [-0.2, -0.15) is 10.2 Å². The lowest BCUT2D eigenvalue weighted by Gasteiger charge is -1.97. The van der Waals surface area contributed by atoms with Crippen LogP contribution in [0.3, 0.4) is 0 Å². The van der Waals surface area contributed by atoms with Gasteiger partial charge in [-0.15, -0.1) is 0 Å². The summed E-state index contributed by atoms with van der Waals surface area (Å²) in [7, 11) is 1.91. The standard InChI is InChI=1S/C11H16IN5/c1-17-7-9(11(12)16-17)4-10(15-13)6-14-5-8-2-3-8/h6-8H,2-5,13H2,1H3. The monoisotopic (exact) mass is 345 g/mol. The van der Waals surface area contributed by atoms with Gasteiger partial charge in [-0.3, -0.25) is 9.67 Å². The van der Waals surface area contributed by atoms with Gasteiger partial charge in [0, 0.05) is 38.0 Å². The number of hydrogen-bond donors (Lipinski definition) is 1. The molecule has 1 aliphatic rings. The van der Waals surface area contributed by atoms with Crippen molar-refractivity contribution in [2.45, 2.75) is 19.3 Å². The first-order valence-corrected chi connectivity index (χ1v) is 6.71. The molecule has 6 heteroatoms. The fraction of sp³-hybridized carbons (Fsp3) is 0.545. The molecule has 2 N–H and O–H groups in total. The molecule has 1 aromatic rings. The van der Waals surface area contributed by atoms with E-state index in [1.165, 1.54) is 12.8 Å². The third-order valence-electron chi connectivity index (χ3n) is 2.69. The topological polar surface area (TPSA) is 68.6 Å². The first-order valence-electron chi connectivity index (χ1n) is 5.63. The second-order valence-electron chi connectivity index (χ2n) is 4.35. The second kappa shape index (κ2) is 5.61. The summed E-state index contributed by atoms with van der Waals surface area (Å²) in [5.74, 6) is 6.17. The Kier molecular flexibility index (Phi) is 4.14. The number of hydrogen-bond acceptors (Lipinski definition) is 4. The molecule has 0 atom stereocenters. The minimum Gasteiger partial charge on any atom is -0.323 e. The van der Waals surface area contributed by atoms with Crippen LogP contribution in [0.1, 0.15) is 18.4 Å². The molecule has 17 heavy (non-hydrogen) atoms. The molecule has 1 heterocycles. The highest BCUT2D eigenvalue weighted by atomic mass is 127. The van der Waals surface area contributed by atoms with E-state index in [4.69, 9.17) is 5.84 Å². The average Bonchev–Trinajstić information content (AvgIpc) is 3.04. The SMILES string of the molecule is Cn1cc(CC(C=NCC2CC2)=NN)c(I)n1. The van der Waals surface area contributed by atoms with Crippen LogP contribution in [0.25, 0.3) is 0 Å². The zero-order valence-electron chi connectivity index (χ0n) is 9.80. The number of nitrogens with zero attached hydrogens (tertiary/aromatic N) is 4. The van der Waals surface area contributed by atoms with E-state index in [-0.39, 0.29) is 0 Å². The molecule has 1 aromatic heterocycles. The lowest BCUT2D eigenvalue weighted by molar-refractivity contribution is 0.759. The number of aliphatic imine (C=N–C) groups is 1. The predicted octanol–water partition coefficient (Wildman–Crippen LogP) is 1.36. The van der Waals surface area contributed by atoms with Gasteiger partial charge in [-0.1, -0.05) is 0 Å². The summed E-state index contributed by atoms with van der Waals surface area (Å²) >= 11 is 2.22. The van der Waals surface area contributed by atoms with Crippen molar-refractivity contribution >= 4 is 34.5 Å². The van der Waals surface area contributed by atoms with Gasteiger partial charge in [0.25, 0.3) is 0 Å². The Balaban J connectivity index is 1.94. The van der Waals surface area contributed by atoms with Gasteiger partial charge in [0.15, 0.2) is 0 Å². The van der Waals surface area contributed by atoms with Crippen LogP contribution < -0.4 is 5.84 Å². The Hall–Kier alpha value is -0.920. The molecular weight excluding hydrogens is 329 g/mol. The molecule has 2 rings (SSSR count). The number of hydrazone groups is 1. The molecule has 1 saturated carbocycles. The summed E-state index contributed by atoms with van der Waals surface area (Å²) in [5.41, 5.74) is 1.94. The minimum atomic E-state index is 0.691. The third kappa shape index (κ3) is 3.79. The fourth-order valence-corrected chi connectivity index (χ4v) is 2.23. The predicted molar refractivity (Wildman–Crippen MR) is 77.3 cm³/mol. The first kappa shape index (κ1) is 12.5. The molecule has 0 bridgehead atoms. The summed E-state index contributed by atoms with van der Waals surface area (Å²) in [5, 5.41) is 8.06. The normalized spacial score (nSPS) is 16.9. The van der Waals surface area contributed by atoms with Gasteiger partial charge >= 0.3 is 0 Å². The highest BCUT2D eigenvalue weighted by molar-refractivity contribution is 14.1. The third-order valence-corrected chi connectivity index (χ3v) is 3.60. The Bertz CT molecular complexity index is 445. The molecule has 1 aliphatic carbocycles. The molecule has 0 aromatic carbocycles. The molecule has 5 nitrogen and oxygen atoms in total. The van der Waals surface area contributed by atoms with Crippen molar-refractivity contribution in [2.75, 3.05) is 6.54 Å². The van der Waals surface area contributed by atoms with Crippen molar-refractivity contribution in [1.29, 1.82) is 0 Å². The van der Waals surface area contributed by atoms with E-state index in [1.807, 2.05) is 13.2 Å². The second-order valence-corrected chi connectivity index (χ2v) is 5.38. The van der Waals surface area contributed by atoms with Crippen molar-refractivity contribution in [3.05, 3.63) is 15.5 Å². The van der Waals surface area contributed by atoms with E-state index < -0.39 is 0 Å². The fourth-order valence-electron chi connectivity index (χ4n) is 1.56. The highest BCUT2D eigenvalue weighted by Crippen LogP contribution is 2.28. The minimum absolute atomic E-state index is 0.691. The smallest absolute Gasteiger partial charge is 0.126 e. The van der Waals surface area contributed by atoms with Crippen molar-refractivity contribution in [3.63, 3.8) is 0 Å². The van der Waals surface area contributed by atoms with Gasteiger partial charge in [0.1, 0.15) is 3.70 Å². The molecule has 0 saturated heterocycles. The molecule has 0 amide bonds. The van der Waals surface area contributed by atoms with Crippen LogP contribution in [-0.4, -0.2) is 28.3 Å². The van der Waals surface area contributed by atoms with Crippen molar-refractivity contribution < 1.29 is 0 Å². The summed E-state index contributed by atoms with van der Waals surface area (Å²) in [6.07, 6.45) is 7.10. The lowest BCUT2D eigenvalue weighted by Crippen LogP contribution is -2.09. The van der Waals surface area contributed by atoms with Crippen LogP contribution >= 0.6 is 22.6 Å². The Morgan fingerprint density at radius 2 is 2.47 bits per heavy atom. The van der Waals surface area contributed by atoms with Crippen molar-refractivity contribution in [3.8, 4) is 0 Å². The van der Waals surface area contributed by atoms with E-state index in [1.54, 1.807) is 10.9 Å². The molecular formula is C11H16IN5.